The molecule has 2 N–H and O–H groups in total. The molecule has 1 unspecified atom stereocenters. The molecule has 2 fully saturated rings. The standard InChI is InChI=1S/C22H33FN4O2.HI/c1-3-20(28)27-11-8-19(15-27)26-21(24-4-2)25-16-22(9-12-29-13-10-22)17-6-5-7-18(23)14-17;/h5-7,14,19H,3-4,8-13,15-16H2,1-2H3,(H2,24,25,26);1H. The summed E-state index contributed by atoms with van der Waals surface area (Å²) >= 11 is 0. The molecule has 1 amide bonds. The van der Waals surface area contributed by atoms with E-state index in [2.05, 4.69) is 10.6 Å². The highest BCUT2D eigenvalue weighted by molar-refractivity contribution is 14.0. The number of ether oxygens (including phenoxy) is 1. The van der Waals surface area contributed by atoms with E-state index in [1.54, 1.807) is 12.1 Å². The molecule has 6 nitrogen and oxygen atoms in total. The molecule has 0 saturated carbocycles. The number of carbonyl (C=O) groups excluding carboxylic acids is 1. The molecule has 0 aromatic heterocycles. The molecule has 30 heavy (non-hydrogen) atoms. The number of benzene rings is 1. The lowest BCUT2D eigenvalue weighted by Gasteiger charge is -2.36. The fourth-order valence-electron chi connectivity index (χ4n) is 4.19. The molecule has 0 radical (unpaired) electrons. The Morgan fingerprint density at radius 3 is 2.77 bits per heavy atom. The van der Waals surface area contributed by atoms with Crippen molar-refractivity contribution in [3.8, 4) is 0 Å². The number of amides is 1. The number of nitrogens with one attached hydrogen (secondary N) is 2. The van der Waals surface area contributed by atoms with Gasteiger partial charge in [0, 0.05) is 50.7 Å². The van der Waals surface area contributed by atoms with E-state index in [1.807, 2.05) is 24.8 Å². The van der Waals surface area contributed by atoms with Crippen LogP contribution in [0.4, 0.5) is 4.39 Å². The molecule has 0 spiro atoms. The van der Waals surface area contributed by atoms with Crippen LogP contribution >= 0.6 is 24.0 Å². The van der Waals surface area contributed by atoms with E-state index >= 15 is 0 Å². The molecule has 2 heterocycles. The molecule has 2 aliphatic heterocycles. The number of rotatable bonds is 6. The zero-order valence-electron chi connectivity index (χ0n) is 18.0. The number of halogens is 2. The molecule has 2 aliphatic rings. The Morgan fingerprint density at radius 2 is 2.10 bits per heavy atom. The Morgan fingerprint density at radius 1 is 1.33 bits per heavy atom. The summed E-state index contributed by atoms with van der Waals surface area (Å²) < 4.78 is 19.5. The van der Waals surface area contributed by atoms with Gasteiger partial charge in [0.2, 0.25) is 5.91 Å². The highest BCUT2D eigenvalue weighted by Gasteiger charge is 2.35. The predicted octanol–water partition coefficient (Wildman–Crippen LogP) is 3.06. The van der Waals surface area contributed by atoms with Crippen LogP contribution < -0.4 is 10.6 Å². The van der Waals surface area contributed by atoms with E-state index < -0.39 is 0 Å². The van der Waals surface area contributed by atoms with Crippen molar-refractivity contribution in [2.45, 2.75) is 51.0 Å². The largest absolute Gasteiger partial charge is 0.381 e. The highest BCUT2D eigenvalue weighted by atomic mass is 127. The van der Waals surface area contributed by atoms with Gasteiger partial charge >= 0.3 is 0 Å². The second-order valence-corrected chi connectivity index (χ2v) is 7.92. The Kier molecular flexibility index (Phi) is 9.80. The first kappa shape index (κ1) is 24.8. The molecule has 1 atom stereocenters. The van der Waals surface area contributed by atoms with Crippen molar-refractivity contribution in [3.05, 3.63) is 35.6 Å². The maximum atomic E-state index is 13.9. The minimum Gasteiger partial charge on any atom is -0.381 e. The Bertz CT molecular complexity index is 725. The van der Waals surface area contributed by atoms with E-state index in [9.17, 15) is 9.18 Å². The molecular formula is C22H34FIN4O2. The van der Waals surface area contributed by atoms with E-state index in [-0.39, 0.29) is 47.2 Å². The predicted molar refractivity (Wildman–Crippen MR) is 128 cm³/mol. The minimum absolute atomic E-state index is 0. The smallest absolute Gasteiger partial charge is 0.222 e. The van der Waals surface area contributed by atoms with Gasteiger partial charge in [0.05, 0.1) is 6.54 Å². The van der Waals surface area contributed by atoms with Crippen molar-refractivity contribution in [2.24, 2.45) is 4.99 Å². The SMILES string of the molecule is CCNC(=NCC1(c2cccc(F)c2)CCOCC1)NC1CCN(C(=O)CC)C1.I. The molecular weight excluding hydrogens is 498 g/mol. The first-order valence-electron chi connectivity index (χ1n) is 10.7. The van der Waals surface area contributed by atoms with Crippen LogP contribution in [0.3, 0.4) is 0 Å². The van der Waals surface area contributed by atoms with Crippen molar-refractivity contribution in [1.82, 2.24) is 15.5 Å². The summed E-state index contributed by atoms with van der Waals surface area (Å²) in [6.07, 6.45) is 3.10. The summed E-state index contributed by atoms with van der Waals surface area (Å²) in [5.74, 6) is 0.739. The van der Waals surface area contributed by atoms with Gasteiger partial charge in [-0.3, -0.25) is 9.79 Å². The number of nitrogens with zero attached hydrogens (tertiary/aromatic N) is 2. The van der Waals surface area contributed by atoms with Crippen LogP contribution in [0, 0.1) is 5.82 Å². The van der Waals surface area contributed by atoms with E-state index in [0.29, 0.717) is 32.7 Å². The number of carbonyl (C=O) groups is 1. The van der Waals surface area contributed by atoms with Crippen molar-refractivity contribution in [3.63, 3.8) is 0 Å². The van der Waals surface area contributed by atoms with Crippen molar-refractivity contribution in [2.75, 3.05) is 39.4 Å². The minimum atomic E-state index is -0.220. The molecule has 0 bridgehead atoms. The summed E-state index contributed by atoms with van der Waals surface area (Å²) in [7, 11) is 0. The second kappa shape index (κ2) is 11.8. The molecule has 1 aromatic rings. The zero-order valence-corrected chi connectivity index (χ0v) is 20.3. The lowest BCUT2D eigenvalue weighted by Crippen LogP contribution is -2.46. The monoisotopic (exact) mass is 532 g/mol. The van der Waals surface area contributed by atoms with Gasteiger partial charge in [0.25, 0.3) is 0 Å². The Hall–Kier alpha value is -1.42. The normalized spacial score (nSPS) is 21.1. The molecule has 8 heteroatoms. The van der Waals surface area contributed by atoms with Crippen LogP contribution in [0.15, 0.2) is 29.3 Å². The number of hydrogen-bond donors (Lipinski definition) is 2. The lowest BCUT2D eigenvalue weighted by molar-refractivity contribution is -0.129. The summed E-state index contributed by atoms with van der Waals surface area (Å²) in [6.45, 7) is 8.07. The number of aliphatic imine (C=N–C) groups is 1. The van der Waals surface area contributed by atoms with Gasteiger partial charge in [-0.1, -0.05) is 19.1 Å². The average Bonchev–Trinajstić information content (AvgIpc) is 3.21. The molecule has 2 saturated heterocycles. The number of likely N-dealkylation sites (tertiary alicyclic amines) is 1. The van der Waals surface area contributed by atoms with Crippen LogP contribution in [0.25, 0.3) is 0 Å². The van der Waals surface area contributed by atoms with Crippen LogP contribution in [0.2, 0.25) is 0 Å². The van der Waals surface area contributed by atoms with Crippen LogP contribution in [0.1, 0.15) is 45.1 Å². The van der Waals surface area contributed by atoms with Gasteiger partial charge in [0.1, 0.15) is 5.82 Å². The van der Waals surface area contributed by atoms with Crippen molar-refractivity contribution < 1.29 is 13.9 Å². The van der Waals surface area contributed by atoms with E-state index in [0.717, 1.165) is 43.9 Å². The zero-order chi connectivity index (χ0) is 20.7. The lowest BCUT2D eigenvalue weighted by atomic mass is 9.74. The number of hydrogen-bond acceptors (Lipinski definition) is 3. The third-order valence-corrected chi connectivity index (χ3v) is 5.96. The highest BCUT2D eigenvalue weighted by Crippen LogP contribution is 2.35. The quantitative estimate of drug-likeness (QED) is 0.336. The van der Waals surface area contributed by atoms with Crippen LogP contribution in [-0.2, 0) is 14.9 Å². The molecule has 168 valence electrons. The maximum Gasteiger partial charge on any atom is 0.222 e. The average molecular weight is 532 g/mol. The van der Waals surface area contributed by atoms with Crippen molar-refractivity contribution >= 4 is 35.8 Å². The van der Waals surface area contributed by atoms with Crippen molar-refractivity contribution in [1.29, 1.82) is 0 Å². The second-order valence-electron chi connectivity index (χ2n) is 7.92. The third kappa shape index (κ3) is 6.29. The van der Waals surface area contributed by atoms with Crippen LogP contribution in [0.5, 0.6) is 0 Å². The topological polar surface area (TPSA) is 66.0 Å². The molecule has 0 aliphatic carbocycles. The Labute approximate surface area is 196 Å². The first-order valence-corrected chi connectivity index (χ1v) is 10.7. The van der Waals surface area contributed by atoms with E-state index in [4.69, 9.17) is 9.73 Å². The first-order chi connectivity index (χ1) is 14.1. The summed E-state index contributed by atoms with van der Waals surface area (Å²) in [5.41, 5.74) is 0.767. The molecule has 1 aromatic carbocycles. The van der Waals surface area contributed by atoms with Gasteiger partial charge in [0.15, 0.2) is 5.96 Å². The van der Waals surface area contributed by atoms with Gasteiger partial charge < -0.3 is 20.3 Å². The van der Waals surface area contributed by atoms with Gasteiger partial charge in [-0.05, 0) is 43.9 Å². The van der Waals surface area contributed by atoms with Gasteiger partial charge in [-0.2, -0.15) is 0 Å². The fourth-order valence-corrected chi connectivity index (χ4v) is 4.19. The summed E-state index contributed by atoms with van der Waals surface area (Å²) in [4.78, 5) is 18.7. The summed E-state index contributed by atoms with van der Waals surface area (Å²) in [6, 6.07) is 7.08. The fraction of sp³-hybridized carbons (Fsp3) is 0.636. The number of guanidine groups is 1. The third-order valence-electron chi connectivity index (χ3n) is 5.96. The van der Waals surface area contributed by atoms with E-state index in [1.165, 1.54) is 6.07 Å². The van der Waals surface area contributed by atoms with Crippen LogP contribution in [-0.4, -0.2) is 62.2 Å². The molecule has 3 rings (SSSR count). The maximum absolute atomic E-state index is 13.9. The van der Waals surface area contributed by atoms with Gasteiger partial charge in [-0.25, -0.2) is 4.39 Å². The summed E-state index contributed by atoms with van der Waals surface area (Å²) in [5, 5.41) is 6.80. The Balaban J connectivity index is 0.00000320. The van der Waals surface area contributed by atoms with Gasteiger partial charge in [-0.15, -0.1) is 24.0 Å².